The monoisotopic (exact) mass is 358 g/mol. The highest BCUT2D eigenvalue weighted by atomic mass is 32.1. The van der Waals surface area contributed by atoms with Gasteiger partial charge in [0, 0.05) is 5.56 Å². The number of aromatic nitrogens is 1. The highest BCUT2D eigenvalue weighted by molar-refractivity contribution is 7.17. The van der Waals surface area contributed by atoms with Gasteiger partial charge in [0.05, 0.1) is 16.3 Å². The predicted octanol–water partition coefficient (Wildman–Crippen LogP) is 3.59. The molecule has 0 bridgehead atoms. The van der Waals surface area contributed by atoms with E-state index in [2.05, 4.69) is 20.5 Å². The van der Waals surface area contributed by atoms with Crippen LogP contribution in [-0.2, 0) is 4.79 Å². The molecule has 2 aromatic rings. The molecule has 25 heavy (non-hydrogen) atoms. The number of azo groups is 1. The molecular weight excluding hydrogens is 344 g/mol. The number of nitrogens with zero attached hydrogens (tertiary/aromatic N) is 3. The van der Waals surface area contributed by atoms with E-state index in [0.717, 1.165) is 11.3 Å². The molecule has 1 amide bonds. The molecular formula is C16H14N4O4S. The van der Waals surface area contributed by atoms with Crippen molar-refractivity contribution in [2.24, 2.45) is 10.2 Å². The zero-order valence-electron chi connectivity index (χ0n) is 13.4. The largest absolute Gasteiger partial charge is 0.510 e. The maximum atomic E-state index is 12.2. The molecule has 0 spiro atoms. The number of aryl methyl sites for hydroxylation is 1. The summed E-state index contributed by atoms with van der Waals surface area (Å²) in [5.41, 5.74) is 0.946. The van der Waals surface area contributed by atoms with Crippen molar-refractivity contribution in [3.63, 3.8) is 0 Å². The molecule has 2 rings (SSSR count). The predicted molar refractivity (Wildman–Crippen MR) is 92.5 cm³/mol. The molecule has 128 valence electrons. The summed E-state index contributed by atoms with van der Waals surface area (Å²) >= 11 is 1.01. The number of aldehydes is 2. The van der Waals surface area contributed by atoms with Crippen LogP contribution < -0.4 is 5.32 Å². The van der Waals surface area contributed by atoms with Crippen LogP contribution in [0.3, 0.4) is 0 Å². The van der Waals surface area contributed by atoms with Crippen LogP contribution >= 0.6 is 11.3 Å². The number of benzene rings is 1. The molecule has 0 radical (unpaired) electrons. The molecule has 1 heterocycles. The van der Waals surface area contributed by atoms with Crippen molar-refractivity contribution in [1.82, 2.24) is 4.98 Å². The number of rotatable bonds is 6. The number of hydrogen-bond acceptors (Lipinski definition) is 8. The Morgan fingerprint density at radius 1 is 1.32 bits per heavy atom. The van der Waals surface area contributed by atoms with Gasteiger partial charge < -0.3 is 5.11 Å². The fourth-order valence-electron chi connectivity index (χ4n) is 1.78. The van der Waals surface area contributed by atoms with E-state index >= 15 is 0 Å². The number of hydrogen-bond donors (Lipinski definition) is 2. The van der Waals surface area contributed by atoms with Gasteiger partial charge in [-0.05, 0) is 26.0 Å². The Morgan fingerprint density at radius 2 is 2.08 bits per heavy atom. The summed E-state index contributed by atoms with van der Waals surface area (Å²) in [5, 5.41) is 20.0. The minimum Gasteiger partial charge on any atom is -0.510 e. The SMILES string of the molecule is CC(O)=C(N=Nc1cccc(C=O)c1)C(=O)Nc1nc(C)c(C=O)s1. The number of thiazole rings is 1. The number of aliphatic hydroxyl groups is 1. The summed E-state index contributed by atoms with van der Waals surface area (Å²) in [4.78, 5) is 38.3. The Hall–Kier alpha value is -3.20. The van der Waals surface area contributed by atoms with Crippen LogP contribution in [-0.4, -0.2) is 28.6 Å². The van der Waals surface area contributed by atoms with E-state index in [9.17, 15) is 19.5 Å². The molecule has 0 saturated carbocycles. The number of carbonyl (C=O) groups excluding carboxylic acids is 3. The quantitative estimate of drug-likeness (QED) is 0.354. The third-order valence-corrected chi connectivity index (χ3v) is 3.99. The van der Waals surface area contributed by atoms with E-state index in [1.54, 1.807) is 25.1 Å². The lowest BCUT2D eigenvalue weighted by Gasteiger charge is -2.02. The van der Waals surface area contributed by atoms with E-state index in [0.29, 0.717) is 34.4 Å². The fraction of sp³-hybridized carbons (Fsp3) is 0.125. The van der Waals surface area contributed by atoms with Gasteiger partial charge in [0.1, 0.15) is 12.0 Å². The van der Waals surface area contributed by atoms with Gasteiger partial charge in [0.25, 0.3) is 5.91 Å². The molecule has 0 fully saturated rings. The summed E-state index contributed by atoms with van der Waals surface area (Å²) < 4.78 is 0. The van der Waals surface area contributed by atoms with Crippen molar-refractivity contribution in [2.45, 2.75) is 13.8 Å². The van der Waals surface area contributed by atoms with Crippen LogP contribution in [0.4, 0.5) is 10.8 Å². The van der Waals surface area contributed by atoms with Gasteiger partial charge >= 0.3 is 0 Å². The molecule has 0 atom stereocenters. The zero-order valence-corrected chi connectivity index (χ0v) is 14.2. The third kappa shape index (κ3) is 4.64. The third-order valence-electron chi connectivity index (χ3n) is 2.99. The minimum atomic E-state index is -0.721. The second-order valence-electron chi connectivity index (χ2n) is 4.89. The number of nitrogens with one attached hydrogen (secondary N) is 1. The van der Waals surface area contributed by atoms with Gasteiger partial charge in [-0.15, -0.1) is 5.11 Å². The minimum absolute atomic E-state index is 0.210. The maximum Gasteiger partial charge on any atom is 0.281 e. The Bertz CT molecular complexity index is 882. The number of aliphatic hydroxyl groups excluding tert-OH is 1. The number of amides is 1. The molecule has 8 nitrogen and oxygen atoms in total. The van der Waals surface area contributed by atoms with Crippen LogP contribution in [0.15, 0.2) is 46.0 Å². The smallest absolute Gasteiger partial charge is 0.281 e. The van der Waals surface area contributed by atoms with Gasteiger partial charge in [0.2, 0.25) is 0 Å². The molecule has 0 aliphatic rings. The Morgan fingerprint density at radius 3 is 2.68 bits per heavy atom. The first-order valence-corrected chi connectivity index (χ1v) is 7.87. The summed E-state index contributed by atoms with van der Waals surface area (Å²) in [6, 6.07) is 6.30. The van der Waals surface area contributed by atoms with Crippen molar-refractivity contribution in [3.05, 3.63) is 51.9 Å². The van der Waals surface area contributed by atoms with E-state index in [4.69, 9.17) is 0 Å². The van der Waals surface area contributed by atoms with E-state index in [-0.39, 0.29) is 16.6 Å². The Labute approximate surface area is 146 Å². The molecule has 0 aliphatic carbocycles. The summed E-state index contributed by atoms with van der Waals surface area (Å²) in [6.45, 7) is 2.93. The lowest BCUT2D eigenvalue weighted by molar-refractivity contribution is -0.113. The standard InChI is InChI=1S/C16H14N4O4S/c1-9-13(8-22)25-16(17-9)18-15(24)14(10(2)23)20-19-12-5-3-4-11(6-12)7-21/h3-8,23H,1-2H3,(H,17,18,24). The van der Waals surface area contributed by atoms with Crippen LogP contribution in [0.5, 0.6) is 0 Å². The topological polar surface area (TPSA) is 121 Å². The van der Waals surface area contributed by atoms with Crippen molar-refractivity contribution in [2.75, 3.05) is 5.32 Å². The Kier molecular flexibility index (Phi) is 5.85. The van der Waals surface area contributed by atoms with E-state index < -0.39 is 5.91 Å². The average molecular weight is 358 g/mol. The molecule has 0 aliphatic heterocycles. The van der Waals surface area contributed by atoms with Crippen molar-refractivity contribution in [3.8, 4) is 0 Å². The first-order valence-electron chi connectivity index (χ1n) is 7.05. The molecule has 1 aromatic heterocycles. The fourth-order valence-corrected chi connectivity index (χ4v) is 2.55. The van der Waals surface area contributed by atoms with E-state index in [1.807, 2.05) is 0 Å². The first kappa shape index (κ1) is 18.1. The highest BCUT2D eigenvalue weighted by Crippen LogP contribution is 2.22. The van der Waals surface area contributed by atoms with Gasteiger partial charge in [-0.25, -0.2) is 4.98 Å². The highest BCUT2D eigenvalue weighted by Gasteiger charge is 2.16. The van der Waals surface area contributed by atoms with Gasteiger partial charge in [-0.3, -0.25) is 19.7 Å². The second kappa shape index (κ2) is 8.06. The Balaban J connectivity index is 2.20. The molecule has 1 aromatic carbocycles. The average Bonchev–Trinajstić information content (AvgIpc) is 2.94. The van der Waals surface area contributed by atoms with Gasteiger partial charge in [0.15, 0.2) is 17.1 Å². The number of carbonyl (C=O) groups is 3. The molecule has 0 unspecified atom stereocenters. The van der Waals surface area contributed by atoms with Gasteiger partial charge in [-0.2, -0.15) is 5.11 Å². The van der Waals surface area contributed by atoms with E-state index in [1.165, 1.54) is 13.0 Å². The molecule has 9 heteroatoms. The maximum absolute atomic E-state index is 12.2. The van der Waals surface area contributed by atoms with Crippen LogP contribution in [0.25, 0.3) is 0 Å². The van der Waals surface area contributed by atoms with Crippen molar-refractivity contribution >= 4 is 40.6 Å². The van der Waals surface area contributed by atoms with Crippen molar-refractivity contribution in [1.29, 1.82) is 0 Å². The summed E-state index contributed by atoms with van der Waals surface area (Å²) in [6.07, 6.45) is 1.31. The van der Waals surface area contributed by atoms with Crippen LogP contribution in [0, 0.1) is 6.92 Å². The zero-order chi connectivity index (χ0) is 18.4. The molecule has 2 N–H and O–H groups in total. The summed E-state index contributed by atoms with van der Waals surface area (Å²) in [7, 11) is 0. The van der Waals surface area contributed by atoms with Gasteiger partial charge in [-0.1, -0.05) is 23.5 Å². The molecule has 0 saturated heterocycles. The van der Waals surface area contributed by atoms with Crippen molar-refractivity contribution < 1.29 is 19.5 Å². The normalized spacial score (nSPS) is 11.9. The summed E-state index contributed by atoms with van der Waals surface area (Å²) in [5.74, 6) is -1.06. The van der Waals surface area contributed by atoms with Crippen LogP contribution in [0.1, 0.15) is 32.6 Å². The number of anilines is 1. The second-order valence-corrected chi connectivity index (χ2v) is 5.92. The lowest BCUT2D eigenvalue weighted by atomic mass is 10.2. The van der Waals surface area contributed by atoms with Crippen LogP contribution in [0.2, 0.25) is 0 Å². The first-order chi connectivity index (χ1) is 11.9. The lowest BCUT2D eigenvalue weighted by Crippen LogP contribution is -2.14. The number of allylic oxidation sites excluding steroid dienone is 1.